The summed E-state index contributed by atoms with van der Waals surface area (Å²) in [5.41, 5.74) is 0.249. The summed E-state index contributed by atoms with van der Waals surface area (Å²) in [5.74, 6) is 0. The van der Waals surface area contributed by atoms with E-state index in [4.69, 9.17) is 4.74 Å². The molecule has 0 heterocycles. The predicted octanol–water partition coefficient (Wildman–Crippen LogP) is 1.87. The van der Waals surface area contributed by atoms with Crippen LogP contribution in [0.5, 0.6) is 0 Å². The van der Waals surface area contributed by atoms with Crippen molar-refractivity contribution in [1.82, 2.24) is 9.62 Å². The number of alkyl carbamates (subject to hydrolysis) is 1. The number of benzene rings is 1. The topological polar surface area (TPSA) is 87.7 Å². The molecule has 0 fully saturated rings. The third-order valence-electron chi connectivity index (χ3n) is 2.76. The van der Waals surface area contributed by atoms with E-state index in [1.54, 1.807) is 45.0 Å². The Morgan fingerprint density at radius 1 is 1.13 bits per heavy atom. The summed E-state index contributed by atoms with van der Waals surface area (Å²) in [4.78, 5) is 11.7. The van der Waals surface area contributed by atoms with Gasteiger partial charge in [-0.25, -0.2) is 17.5 Å². The number of hydrogen-bond donors (Lipinski definition) is 2. The SMILES string of the molecule is CN(C)S(=O)(=O)c1ccc(NCCNC(=O)OC(C)(C)C)cc1. The molecule has 1 aromatic carbocycles. The summed E-state index contributed by atoms with van der Waals surface area (Å²) in [6, 6.07) is 6.45. The van der Waals surface area contributed by atoms with E-state index in [1.807, 2.05) is 0 Å². The first-order valence-electron chi connectivity index (χ1n) is 7.26. The first kappa shape index (κ1) is 19.2. The molecule has 1 amide bonds. The predicted molar refractivity (Wildman–Crippen MR) is 90.0 cm³/mol. The van der Waals surface area contributed by atoms with Gasteiger partial charge in [0.1, 0.15) is 5.60 Å². The zero-order valence-electron chi connectivity index (χ0n) is 14.2. The number of nitrogens with zero attached hydrogens (tertiary/aromatic N) is 1. The van der Waals surface area contributed by atoms with Crippen molar-refractivity contribution in [2.45, 2.75) is 31.3 Å². The van der Waals surface area contributed by atoms with Crippen LogP contribution in [0.2, 0.25) is 0 Å². The molecule has 8 heteroatoms. The minimum atomic E-state index is -3.42. The highest BCUT2D eigenvalue weighted by Gasteiger charge is 2.17. The maximum Gasteiger partial charge on any atom is 0.407 e. The lowest BCUT2D eigenvalue weighted by Crippen LogP contribution is -2.34. The second-order valence-corrected chi connectivity index (χ2v) is 8.32. The van der Waals surface area contributed by atoms with E-state index in [0.717, 1.165) is 5.69 Å². The van der Waals surface area contributed by atoms with Crippen molar-refractivity contribution in [3.63, 3.8) is 0 Å². The van der Waals surface area contributed by atoms with Gasteiger partial charge in [0, 0.05) is 32.9 Å². The number of amides is 1. The molecule has 1 rings (SSSR count). The number of sulfonamides is 1. The Balaban J connectivity index is 2.44. The number of ether oxygens (including phenoxy) is 1. The van der Waals surface area contributed by atoms with Crippen LogP contribution < -0.4 is 10.6 Å². The van der Waals surface area contributed by atoms with Crippen molar-refractivity contribution in [2.75, 3.05) is 32.5 Å². The van der Waals surface area contributed by atoms with Crippen LogP contribution >= 0.6 is 0 Å². The second-order valence-electron chi connectivity index (χ2n) is 6.17. The quantitative estimate of drug-likeness (QED) is 0.770. The third kappa shape index (κ3) is 6.45. The maximum atomic E-state index is 11.9. The van der Waals surface area contributed by atoms with Crippen LogP contribution in [0.1, 0.15) is 20.8 Å². The molecule has 7 nitrogen and oxygen atoms in total. The summed E-state index contributed by atoms with van der Waals surface area (Å²) < 4.78 is 30.2. The smallest absolute Gasteiger partial charge is 0.407 e. The first-order valence-corrected chi connectivity index (χ1v) is 8.70. The van der Waals surface area contributed by atoms with Gasteiger partial charge in [-0.15, -0.1) is 0 Å². The number of nitrogens with one attached hydrogen (secondary N) is 2. The molecule has 130 valence electrons. The molecule has 0 unspecified atom stereocenters. The van der Waals surface area contributed by atoms with Gasteiger partial charge in [0.05, 0.1) is 4.90 Å². The van der Waals surface area contributed by atoms with Gasteiger partial charge in [-0.3, -0.25) is 0 Å². The summed E-state index contributed by atoms with van der Waals surface area (Å²) in [6.07, 6.45) is -0.466. The molecule has 0 saturated heterocycles. The van der Waals surface area contributed by atoms with Crippen molar-refractivity contribution < 1.29 is 17.9 Å². The van der Waals surface area contributed by atoms with Gasteiger partial charge in [-0.05, 0) is 45.0 Å². The largest absolute Gasteiger partial charge is 0.444 e. The van der Waals surface area contributed by atoms with E-state index in [9.17, 15) is 13.2 Å². The Hall–Kier alpha value is -1.80. The zero-order valence-corrected chi connectivity index (χ0v) is 15.0. The Bertz CT molecular complexity index is 619. The molecule has 0 aliphatic carbocycles. The Morgan fingerprint density at radius 2 is 1.70 bits per heavy atom. The lowest BCUT2D eigenvalue weighted by atomic mass is 10.2. The summed E-state index contributed by atoms with van der Waals surface area (Å²) in [7, 11) is -0.436. The molecule has 0 saturated carbocycles. The average molecular weight is 343 g/mol. The van der Waals surface area contributed by atoms with Crippen molar-refractivity contribution in [1.29, 1.82) is 0 Å². The molecule has 0 bridgehead atoms. The van der Waals surface area contributed by atoms with Gasteiger partial charge in [0.25, 0.3) is 0 Å². The Kier molecular flexibility index (Phi) is 6.40. The molecule has 0 spiro atoms. The lowest BCUT2D eigenvalue weighted by Gasteiger charge is -2.19. The minimum absolute atomic E-state index is 0.236. The van der Waals surface area contributed by atoms with Crippen LogP contribution in [0.3, 0.4) is 0 Å². The van der Waals surface area contributed by atoms with Crippen molar-refractivity contribution in [3.05, 3.63) is 24.3 Å². The zero-order chi connectivity index (χ0) is 17.7. The molecule has 0 aliphatic heterocycles. The van der Waals surface area contributed by atoms with E-state index in [-0.39, 0.29) is 4.90 Å². The van der Waals surface area contributed by atoms with Crippen LogP contribution in [0.4, 0.5) is 10.5 Å². The number of anilines is 1. The maximum absolute atomic E-state index is 11.9. The highest BCUT2D eigenvalue weighted by molar-refractivity contribution is 7.89. The number of carbonyl (C=O) groups is 1. The standard InChI is InChI=1S/C15H25N3O4S/c1-15(2,3)22-14(19)17-11-10-16-12-6-8-13(9-7-12)23(20,21)18(4)5/h6-9,16H,10-11H2,1-5H3,(H,17,19). The van der Waals surface area contributed by atoms with Crippen molar-refractivity contribution in [2.24, 2.45) is 0 Å². The van der Waals surface area contributed by atoms with Crippen molar-refractivity contribution in [3.8, 4) is 0 Å². The van der Waals surface area contributed by atoms with Crippen LogP contribution in [-0.4, -0.2) is 51.6 Å². The van der Waals surface area contributed by atoms with Gasteiger partial charge >= 0.3 is 6.09 Å². The monoisotopic (exact) mass is 343 g/mol. The number of hydrogen-bond acceptors (Lipinski definition) is 5. The molecular weight excluding hydrogens is 318 g/mol. The summed E-state index contributed by atoms with van der Waals surface area (Å²) >= 11 is 0. The first-order chi connectivity index (χ1) is 10.5. The summed E-state index contributed by atoms with van der Waals surface area (Å²) in [5, 5.41) is 5.73. The van der Waals surface area contributed by atoms with Crippen LogP contribution in [-0.2, 0) is 14.8 Å². The Morgan fingerprint density at radius 3 is 2.17 bits per heavy atom. The van der Waals surface area contributed by atoms with E-state index in [2.05, 4.69) is 10.6 Å². The van der Waals surface area contributed by atoms with Crippen molar-refractivity contribution >= 4 is 21.8 Å². The van der Waals surface area contributed by atoms with E-state index in [0.29, 0.717) is 13.1 Å². The van der Waals surface area contributed by atoms with Gasteiger partial charge in [-0.2, -0.15) is 0 Å². The Labute approximate surface area is 138 Å². The molecule has 0 atom stereocenters. The fraction of sp³-hybridized carbons (Fsp3) is 0.533. The molecule has 1 aromatic rings. The average Bonchev–Trinajstić information content (AvgIpc) is 2.42. The molecule has 0 radical (unpaired) electrons. The van der Waals surface area contributed by atoms with Gasteiger partial charge < -0.3 is 15.4 Å². The van der Waals surface area contributed by atoms with Crippen LogP contribution in [0, 0.1) is 0 Å². The van der Waals surface area contributed by atoms with Crippen LogP contribution in [0.15, 0.2) is 29.2 Å². The lowest BCUT2D eigenvalue weighted by molar-refractivity contribution is 0.0530. The van der Waals surface area contributed by atoms with Gasteiger partial charge in [0.2, 0.25) is 10.0 Å². The highest BCUT2D eigenvalue weighted by Crippen LogP contribution is 2.16. The number of carbonyl (C=O) groups excluding carboxylic acids is 1. The van der Waals surface area contributed by atoms with Gasteiger partial charge in [-0.1, -0.05) is 0 Å². The third-order valence-corrected chi connectivity index (χ3v) is 4.58. The van der Waals surface area contributed by atoms with E-state index < -0.39 is 21.7 Å². The second kappa shape index (κ2) is 7.65. The molecule has 23 heavy (non-hydrogen) atoms. The fourth-order valence-corrected chi connectivity index (χ4v) is 2.54. The fourth-order valence-electron chi connectivity index (χ4n) is 1.64. The molecule has 2 N–H and O–H groups in total. The normalized spacial score (nSPS) is 12.1. The van der Waals surface area contributed by atoms with Gasteiger partial charge in [0.15, 0.2) is 0 Å². The highest BCUT2D eigenvalue weighted by atomic mass is 32.2. The van der Waals surface area contributed by atoms with E-state index in [1.165, 1.54) is 18.4 Å². The molecule has 0 aliphatic rings. The molecule has 0 aromatic heterocycles. The number of rotatable bonds is 6. The minimum Gasteiger partial charge on any atom is -0.444 e. The van der Waals surface area contributed by atoms with Crippen LogP contribution in [0.25, 0.3) is 0 Å². The molecular formula is C15H25N3O4S. The van der Waals surface area contributed by atoms with E-state index >= 15 is 0 Å². The summed E-state index contributed by atoms with van der Waals surface area (Å²) in [6.45, 7) is 6.29.